The molecule has 2 heterocycles. The van der Waals surface area contributed by atoms with E-state index < -0.39 is 17.7 Å². The van der Waals surface area contributed by atoms with Crippen LogP contribution in [0.2, 0.25) is 5.02 Å². The molecule has 126 valence electrons. The molecule has 4 nitrogen and oxygen atoms in total. The Hall–Kier alpha value is -1.86. The topological polar surface area (TPSA) is 60.5 Å². The van der Waals surface area contributed by atoms with Gasteiger partial charge in [0, 0.05) is 34.7 Å². The Morgan fingerprint density at radius 1 is 1.29 bits per heavy atom. The number of nitrogens with two attached hydrogens (primary N) is 1. The molecule has 0 saturated carbocycles. The number of aliphatic imine (C=N–C) groups is 1. The lowest BCUT2D eigenvalue weighted by atomic mass is 9.98. The summed E-state index contributed by atoms with van der Waals surface area (Å²) in [5.74, 6) is -0.356. The number of benzene rings is 1. The Labute approximate surface area is 147 Å². The van der Waals surface area contributed by atoms with E-state index in [9.17, 15) is 8.78 Å². The Bertz CT molecular complexity index is 816. The fraction of sp³-hybridized carbons (Fsp3) is 0.250. The van der Waals surface area contributed by atoms with Gasteiger partial charge < -0.3 is 10.5 Å². The van der Waals surface area contributed by atoms with Gasteiger partial charge in [0.25, 0.3) is 0 Å². The summed E-state index contributed by atoms with van der Waals surface area (Å²) in [6.07, 6.45) is 2.06. The second-order valence-corrected chi connectivity index (χ2v) is 6.71. The molecule has 1 unspecified atom stereocenters. The fourth-order valence-corrected chi connectivity index (χ4v) is 3.52. The van der Waals surface area contributed by atoms with E-state index in [4.69, 9.17) is 22.1 Å². The van der Waals surface area contributed by atoms with Gasteiger partial charge in [0.15, 0.2) is 5.17 Å². The molecule has 2 N–H and O–H groups in total. The zero-order valence-corrected chi connectivity index (χ0v) is 14.3. The number of aromatic nitrogens is 1. The van der Waals surface area contributed by atoms with Crippen molar-refractivity contribution in [2.45, 2.75) is 12.5 Å². The van der Waals surface area contributed by atoms with Gasteiger partial charge in [-0.05, 0) is 18.6 Å². The highest BCUT2D eigenvalue weighted by molar-refractivity contribution is 8.13. The van der Waals surface area contributed by atoms with Crippen LogP contribution in [0.1, 0.15) is 18.0 Å². The van der Waals surface area contributed by atoms with Gasteiger partial charge in [0.1, 0.15) is 16.7 Å². The number of nitrogens with zero attached hydrogens (tertiary/aromatic N) is 2. The first kappa shape index (κ1) is 17.0. The third kappa shape index (κ3) is 3.32. The van der Waals surface area contributed by atoms with Gasteiger partial charge in [-0.25, -0.2) is 13.8 Å². The summed E-state index contributed by atoms with van der Waals surface area (Å²) >= 11 is 7.47. The Balaban J connectivity index is 2.07. The van der Waals surface area contributed by atoms with Gasteiger partial charge in [-0.2, -0.15) is 0 Å². The predicted molar refractivity (Wildman–Crippen MR) is 92.6 cm³/mol. The third-order valence-corrected chi connectivity index (χ3v) is 4.79. The van der Waals surface area contributed by atoms with Crippen molar-refractivity contribution in [2.75, 3.05) is 12.9 Å². The SMILES string of the molecule is COc1ncc(-c2cc(C3CCSC(N)=N3)c(F)cc2F)cc1Cl. The summed E-state index contributed by atoms with van der Waals surface area (Å²) in [5, 5.41) is 0.655. The lowest BCUT2D eigenvalue weighted by Gasteiger charge is -2.20. The van der Waals surface area contributed by atoms with Crippen LogP contribution in [0.25, 0.3) is 11.1 Å². The van der Waals surface area contributed by atoms with E-state index in [1.54, 1.807) is 0 Å². The van der Waals surface area contributed by atoms with Gasteiger partial charge >= 0.3 is 0 Å². The highest BCUT2D eigenvalue weighted by Gasteiger charge is 2.22. The standard InChI is InChI=1S/C16H14ClF2N3OS/c1-23-15-11(17)4-8(7-21-15)9-5-10(13(19)6-12(9)18)14-2-3-24-16(20)22-14/h4-7,14H,2-3H2,1H3,(H2,20,22). The molecule has 1 atom stereocenters. The smallest absolute Gasteiger partial charge is 0.232 e. The van der Waals surface area contributed by atoms with Crippen molar-refractivity contribution in [2.24, 2.45) is 10.7 Å². The van der Waals surface area contributed by atoms with E-state index in [1.807, 2.05) is 0 Å². The molecule has 0 saturated heterocycles. The summed E-state index contributed by atoms with van der Waals surface area (Å²) < 4.78 is 33.5. The number of rotatable bonds is 3. The van der Waals surface area contributed by atoms with Gasteiger partial charge in [-0.3, -0.25) is 4.99 Å². The summed E-state index contributed by atoms with van der Waals surface area (Å²) in [6.45, 7) is 0. The van der Waals surface area contributed by atoms with Crippen molar-refractivity contribution in [1.82, 2.24) is 4.98 Å². The van der Waals surface area contributed by atoms with E-state index >= 15 is 0 Å². The van der Waals surface area contributed by atoms with Crippen molar-refractivity contribution < 1.29 is 13.5 Å². The first-order chi connectivity index (χ1) is 11.5. The average molecular weight is 370 g/mol. The second kappa shape index (κ2) is 6.94. The quantitative estimate of drug-likeness (QED) is 0.881. The van der Waals surface area contributed by atoms with Crippen LogP contribution in [0.15, 0.2) is 29.4 Å². The molecular formula is C16H14ClF2N3OS. The normalized spacial score (nSPS) is 17.5. The minimum atomic E-state index is -0.693. The van der Waals surface area contributed by atoms with Gasteiger partial charge in [0.2, 0.25) is 5.88 Å². The first-order valence-corrected chi connectivity index (χ1v) is 8.51. The monoisotopic (exact) mass is 369 g/mol. The number of hydrogen-bond acceptors (Lipinski definition) is 5. The van der Waals surface area contributed by atoms with Gasteiger partial charge in [-0.1, -0.05) is 23.4 Å². The molecule has 0 fully saturated rings. The van der Waals surface area contributed by atoms with Crippen LogP contribution in [0, 0.1) is 11.6 Å². The van der Waals surface area contributed by atoms with Crippen LogP contribution in [-0.2, 0) is 0 Å². The number of halogens is 3. The molecule has 8 heteroatoms. The maximum Gasteiger partial charge on any atom is 0.232 e. The molecule has 0 amide bonds. The average Bonchev–Trinajstić information content (AvgIpc) is 2.55. The molecule has 1 aliphatic rings. The molecule has 0 bridgehead atoms. The molecule has 1 aromatic carbocycles. The number of ether oxygens (including phenoxy) is 1. The fourth-order valence-electron chi connectivity index (χ4n) is 2.52. The first-order valence-electron chi connectivity index (χ1n) is 7.14. The van der Waals surface area contributed by atoms with Gasteiger partial charge in [0.05, 0.1) is 13.2 Å². The summed E-state index contributed by atoms with van der Waals surface area (Å²) in [6, 6.07) is 3.41. The summed E-state index contributed by atoms with van der Waals surface area (Å²) in [5.41, 5.74) is 6.66. The lowest BCUT2D eigenvalue weighted by molar-refractivity contribution is 0.398. The maximum atomic E-state index is 14.3. The van der Waals surface area contributed by atoms with Crippen molar-refractivity contribution >= 4 is 28.5 Å². The van der Waals surface area contributed by atoms with Crippen molar-refractivity contribution in [3.8, 4) is 17.0 Å². The maximum absolute atomic E-state index is 14.3. The zero-order chi connectivity index (χ0) is 17.3. The number of hydrogen-bond donors (Lipinski definition) is 1. The van der Waals surface area contributed by atoms with Crippen LogP contribution in [-0.4, -0.2) is 23.0 Å². The molecule has 0 spiro atoms. The molecule has 2 aromatic rings. The van der Waals surface area contributed by atoms with E-state index in [1.165, 1.54) is 37.2 Å². The van der Waals surface area contributed by atoms with Crippen LogP contribution < -0.4 is 10.5 Å². The molecule has 0 radical (unpaired) electrons. The van der Waals surface area contributed by atoms with Crippen molar-refractivity contribution in [1.29, 1.82) is 0 Å². The number of thioether (sulfide) groups is 1. The number of amidine groups is 1. The van der Waals surface area contributed by atoms with E-state index in [-0.39, 0.29) is 16.5 Å². The lowest BCUT2D eigenvalue weighted by Crippen LogP contribution is -2.16. The molecule has 24 heavy (non-hydrogen) atoms. The van der Waals surface area contributed by atoms with E-state index in [2.05, 4.69) is 9.98 Å². The molecule has 0 aliphatic carbocycles. The molecule has 1 aromatic heterocycles. The predicted octanol–water partition coefficient (Wildman–Crippen LogP) is 4.18. The Kier molecular flexibility index (Phi) is 4.91. The van der Waals surface area contributed by atoms with Crippen LogP contribution in [0.3, 0.4) is 0 Å². The number of pyridine rings is 1. The molecule has 1 aliphatic heterocycles. The van der Waals surface area contributed by atoms with Crippen LogP contribution >= 0.6 is 23.4 Å². The molecular weight excluding hydrogens is 356 g/mol. The molecule has 3 rings (SSSR count). The van der Waals surface area contributed by atoms with E-state index in [0.717, 1.165) is 11.8 Å². The van der Waals surface area contributed by atoms with Crippen molar-refractivity contribution in [3.05, 3.63) is 46.6 Å². The number of methoxy groups -OCH3 is 1. The van der Waals surface area contributed by atoms with E-state index in [0.29, 0.717) is 22.7 Å². The largest absolute Gasteiger partial charge is 0.480 e. The third-order valence-electron chi connectivity index (χ3n) is 3.68. The highest BCUT2D eigenvalue weighted by atomic mass is 35.5. The Morgan fingerprint density at radius 2 is 2.08 bits per heavy atom. The summed E-state index contributed by atoms with van der Waals surface area (Å²) in [4.78, 5) is 8.28. The zero-order valence-electron chi connectivity index (χ0n) is 12.7. The summed E-state index contributed by atoms with van der Waals surface area (Å²) in [7, 11) is 1.44. The second-order valence-electron chi connectivity index (χ2n) is 5.19. The highest BCUT2D eigenvalue weighted by Crippen LogP contribution is 2.35. The van der Waals surface area contributed by atoms with Gasteiger partial charge in [-0.15, -0.1) is 0 Å². The minimum Gasteiger partial charge on any atom is -0.480 e. The van der Waals surface area contributed by atoms with Crippen LogP contribution in [0.4, 0.5) is 8.78 Å². The van der Waals surface area contributed by atoms with Crippen molar-refractivity contribution in [3.63, 3.8) is 0 Å². The Morgan fingerprint density at radius 3 is 2.75 bits per heavy atom. The van der Waals surface area contributed by atoms with Crippen LogP contribution in [0.5, 0.6) is 5.88 Å². The minimum absolute atomic E-state index is 0.204.